The Kier molecular flexibility index (Phi) is 10.0. The largest absolute Gasteiger partial charge is 0.504 e. The number of halogens is 1. The van der Waals surface area contributed by atoms with Crippen molar-refractivity contribution in [3.63, 3.8) is 0 Å². The third kappa shape index (κ3) is 7.47. The van der Waals surface area contributed by atoms with E-state index in [9.17, 15) is 9.50 Å². The van der Waals surface area contributed by atoms with Crippen LogP contribution in [0.2, 0.25) is 0 Å². The van der Waals surface area contributed by atoms with Crippen molar-refractivity contribution in [1.82, 2.24) is 9.80 Å². The van der Waals surface area contributed by atoms with E-state index in [1.807, 2.05) is 26.0 Å². The molecule has 35 heavy (non-hydrogen) atoms. The molecule has 4 rings (SSSR count). The van der Waals surface area contributed by atoms with Crippen LogP contribution in [-0.4, -0.2) is 41.1 Å². The Morgan fingerprint density at radius 1 is 1.20 bits per heavy atom. The van der Waals surface area contributed by atoms with Gasteiger partial charge in [0.25, 0.3) is 0 Å². The molecule has 5 heteroatoms. The lowest BCUT2D eigenvalue weighted by molar-refractivity contribution is 0.256. The van der Waals surface area contributed by atoms with Crippen molar-refractivity contribution in [2.75, 3.05) is 26.2 Å². The number of ether oxygens (including phenoxy) is 1. The number of hydrogen-bond donors (Lipinski definition) is 1. The Labute approximate surface area is 211 Å². The average molecular weight is 483 g/mol. The van der Waals surface area contributed by atoms with Gasteiger partial charge in [0.05, 0.1) is 6.61 Å². The summed E-state index contributed by atoms with van der Waals surface area (Å²) in [5, 5.41) is 10.6. The monoisotopic (exact) mass is 482 g/mol. The van der Waals surface area contributed by atoms with Crippen molar-refractivity contribution >= 4 is 0 Å². The number of phenolic OH excluding ortho intramolecular Hbond substituents is 1. The summed E-state index contributed by atoms with van der Waals surface area (Å²) in [6, 6.07) is 10.9. The summed E-state index contributed by atoms with van der Waals surface area (Å²) in [6.45, 7) is 18.0. The topological polar surface area (TPSA) is 35.9 Å². The molecule has 2 heterocycles. The van der Waals surface area contributed by atoms with Crippen molar-refractivity contribution in [3.8, 4) is 11.5 Å². The van der Waals surface area contributed by atoms with E-state index in [-0.39, 0.29) is 11.6 Å². The van der Waals surface area contributed by atoms with Gasteiger partial charge in [0.15, 0.2) is 11.5 Å². The first-order chi connectivity index (χ1) is 16.9. The molecule has 1 fully saturated rings. The molecule has 0 unspecified atom stereocenters. The van der Waals surface area contributed by atoms with Gasteiger partial charge in [0.2, 0.25) is 0 Å². The number of fused-ring (bicyclic) bond motifs is 1. The van der Waals surface area contributed by atoms with Crippen molar-refractivity contribution in [3.05, 3.63) is 71.2 Å². The first-order valence-corrected chi connectivity index (χ1v) is 13.3. The molecular weight excluding hydrogens is 439 g/mol. The van der Waals surface area contributed by atoms with Gasteiger partial charge in [0, 0.05) is 37.8 Å². The molecule has 2 aliphatic heterocycles. The first-order valence-electron chi connectivity index (χ1n) is 13.3. The van der Waals surface area contributed by atoms with Crippen LogP contribution in [0.1, 0.15) is 63.6 Å². The lowest BCUT2D eigenvalue weighted by Gasteiger charge is -2.32. The summed E-state index contributed by atoms with van der Waals surface area (Å²) < 4.78 is 19.4. The number of hydrogen-bond acceptors (Lipinski definition) is 4. The molecule has 0 amide bonds. The normalized spacial score (nSPS) is 17.7. The highest BCUT2D eigenvalue weighted by Gasteiger charge is 2.28. The summed E-state index contributed by atoms with van der Waals surface area (Å²) >= 11 is 0. The van der Waals surface area contributed by atoms with Crippen LogP contribution in [0, 0.1) is 17.7 Å². The lowest BCUT2D eigenvalue weighted by Crippen LogP contribution is -2.31. The van der Waals surface area contributed by atoms with Crippen LogP contribution in [0.15, 0.2) is 48.7 Å². The van der Waals surface area contributed by atoms with Gasteiger partial charge in [-0.15, -0.1) is 0 Å². The molecule has 192 valence electrons. The fourth-order valence-corrected chi connectivity index (χ4v) is 5.12. The van der Waals surface area contributed by atoms with Crippen molar-refractivity contribution in [1.29, 1.82) is 0 Å². The fourth-order valence-electron chi connectivity index (χ4n) is 5.12. The maximum atomic E-state index is 13.6. The number of nitrogens with zero attached hydrogens (tertiary/aromatic N) is 2. The van der Waals surface area contributed by atoms with Crippen LogP contribution in [0.4, 0.5) is 4.39 Å². The maximum absolute atomic E-state index is 13.6. The Balaban J connectivity index is 0.00000167. The molecule has 1 N–H and O–H groups in total. The zero-order chi connectivity index (χ0) is 25.4. The Hall–Kier alpha value is -2.53. The Morgan fingerprint density at radius 3 is 2.74 bits per heavy atom. The van der Waals surface area contributed by atoms with Gasteiger partial charge in [-0.1, -0.05) is 52.5 Å². The summed E-state index contributed by atoms with van der Waals surface area (Å²) in [5.41, 5.74) is 4.40. The quantitative estimate of drug-likeness (QED) is 0.451. The van der Waals surface area contributed by atoms with Crippen molar-refractivity contribution < 1.29 is 14.2 Å². The Bertz CT molecular complexity index is 975. The predicted octanol–water partition coefficient (Wildman–Crippen LogP) is 6.77. The zero-order valence-corrected chi connectivity index (χ0v) is 22.0. The first kappa shape index (κ1) is 27.1. The third-order valence-corrected chi connectivity index (χ3v) is 6.70. The van der Waals surface area contributed by atoms with Crippen LogP contribution >= 0.6 is 0 Å². The van der Waals surface area contributed by atoms with Crippen LogP contribution in [0.25, 0.3) is 0 Å². The highest BCUT2D eigenvalue weighted by molar-refractivity contribution is 5.49. The standard InChI is InChI=1S/C28H37FN2O2.C2H6/c1-20(2)16-31(18-23-13-24-8-4-5-12-33-28(24)27(32)15-23)21(3)25-10-11-30(19-25)17-22-7-6-9-26(29)14-22;1-2/h6-7,9,13-15,20,25,32H,3-5,8,10-12,16-19H2,1-2H3;1-2H3/t25-;/m1./s1. The molecule has 0 aliphatic carbocycles. The molecule has 2 aromatic carbocycles. The minimum Gasteiger partial charge on any atom is -0.504 e. The summed E-state index contributed by atoms with van der Waals surface area (Å²) in [6.07, 6.45) is 4.11. The van der Waals surface area contributed by atoms with Gasteiger partial charge in [-0.05, 0) is 73.0 Å². The van der Waals surface area contributed by atoms with Gasteiger partial charge in [-0.3, -0.25) is 4.90 Å². The molecule has 1 saturated heterocycles. The summed E-state index contributed by atoms with van der Waals surface area (Å²) in [4.78, 5) is 4.78. The van der Waals surface area contributed by atoms with E-state index in [4.69, 9.17) is 4.74 Å². The number of aryl methyl sites for hydroxylation is 1. The van der Waals surface area contributed by atoms with E-state index in [0.717, 1.165) is 80.8 Å². The molecule has 0 radical (unpaired) electrons. The second-order valence-corrected chi connectivity index (χ2v) is 10.0. The molecule has 4 nitrogen and oxygen atoms in total. The minimum absolute atomic E-state index is 0.176. The molecule has 2 aromatic rings. The Morgan fingerprint density at radius 2 is 2.00 bits per heavy atom. The maximum Gasteiger partial charge on any atom is 0.164 e. The van der Waals surface area contributed by atoms with E-state index in [1.54, 1.807) is 12.1 Å². The second kappa shape index (κ2) is 13.0. The van der Waals surface area contributed by atoms with E-state index in [2.05, 4.69) is 36.3 Å². The van der Waals surface area contributed by atoms with E-state index in [1.165, 1.54) is 6.07 Å². The van der Waals surface area contributed by atoms with Crippen LogP contribution in [-0.2, 0) is 19.5 Å². The smallest absolute Gasteiger partial charge is 0.164 e. The number of likely N-dealkylation sites (tertiary alicyclic amines) is 1. The van der Waals surface area contributed by atoms with Crippen LogP contribution < -0.4 is 4.74 Å². The number of phenols is 1. The third-order valence-electron chi connectivity index (χ3n) is 6.70. The molecule has 0 bridgehead atoms. The summed E-state index contributed by atoms with van der Waals surface area (Å²) in [5.74, 6) is 1.63. The molecule has 2 aliphatic rings. The SMILES string of the molecule is C=C([C@@H]1CCN(Cc2cccc(F)c2)C1)N(Cc1cc(O)c2c(c1)CCCCO2)CC(C)C.CC. The van der Waals surface area contributed by atoms with Gasteiger partial charge in [-0.25, -0.2) is 4.39 Å². The molecule has 0 aromatic heterocycles. The van der Waals surface area contributed by atoms with Crippen LogP contribution in [0.3, 0.4) is 0 Å². The second-order valence-electron chi connectivity index (χ2n) is 10.0. The molecule has 1 atom stereocenters. The van der Waals surface area contributed by atoms with Gasteiger partial charge in [-0.2, -0.15) is 0 Å². The highest BCUT2D eigenvalue weighted by atomic mass is 19.1. The van der Waals surface area contributed by atoms with Crippen molar-refractivity contribution in [2.24, 2.45) is 11.8 Å². The molecule has 0 spiro atoms. The fraction of sp³-hybridized carbons (Fsp3) is 0.533. The lowest BCUT2D eigenvalue weighted by atomic mass is 10.0. The van der Waals surface area contributed by atoms with E-state index in [0.29, 0.717) is 24.2 Å². The van der Waals surface area contributed by atoms with Gasteiger partial charge < -0.3 is 14.7 Å². The number of rotatable bonds is 8. The number of benzene rings is 2. The van der Waals surface area contributed by atoms with E-state index < -0.39 is 0 Å². The average Bonchev–Trinajstić information content (AvgIpc) is 3.15. The van der Waals surface area contributed by atoms with Gasteiger partial charge >= 0.3 is 0 Å². The van der Waals surface area contributed by atoms with Crippen molar-refractivity contribution in [2.45, 2.75) is 66.5 Å². The summed E-state index contributed by atoms with van der Waals surface area (Å²) in [7, 11) is 0. The highest BCUT2D eigenvalue weighted by Crippen LogP contribution is 2.36. The van der Waals surface area contributed by atoms with Gasteiger partial charge in [0.1, 0.15) is 5.82 Å². The minimum atomic E-state index is -0.176. The number of aromatic hydroxyl groups is 1. The molecular formula is C30H43FN2O2. The zero-order valence-electron chi connectivity index (χ0n) is 22.0. The van der Waals surface area contributed by atoms with Crippen LogP contribution in [0.5, 0.6) is 11.5 Å². The molecule has 0 saturated carbocycles. The van der Waals surface area contributed by atoms with E-state index >= 15 is 0 Å². The predicted molar refractivity (Wildman–Crippen MR) is 142 cm³/mol.